The second-order valence-electron chi connectivity index (χ2n) is 6.39. The molecule has 0 aliphatic carbocycles. The average molecular weight is 341 g/mol. The van der Waals surface area contributed by atoms with Gasteiger partial charge in [0.25, 0.3) is 0 Å². The third-order valence-corrected chi connectivity index (χ3v) is 4.36. The summed E-state index contributed by atoms with van der Waals surface area (Å²) in [5.41, 5.74) is 2.68. The van der Waals surface area contributed by atoms with E-state index >= 15 is 0 Å². The molecule has 20 heavy (non-hydrogen) atoms. The second-order valence-corrected chi connectivity index (χ2v) is 7.31. The van der Waals surface area contributed by atoms with Crippen molar-refractivity contribution in [2.24, 2.45) is 11.8 Å². The van der Waals surface area contributed by atoms with Crippen molar-refractivity contribution < 1.29 is 0 Å². The highest BCUT2D eigenvalue weighted by Gasteiger charge is 2.16. The standard InChI is InChI=1S/C17H29BrN2/c1-12(2)10-19-11-15-9-16(18)7-8-17(15)20(6)14(5)13(3)4/h7-9,12-14,19H,10-11H2,1-6H3. The van der Waals surface area contributed by atoms with E-state index in [1.54, 1.807) is 0 Å². The number of nitrogens with one attached hydrogen (secondary N) is 1. The Morgan fingerprint density at radius 2 is 1.80 bits per heavy atom. The van der Waals surface area contributed by atoms with Gasteiger partial charge in [-0.25, -0.2) is 0 Å². The van der Waals surface area contributed by atoms with E-state index in [0.29, 0.717) is 17.9 Å². The minimum Gasteiger partial charge on any atom is -0.371 e. The molecular formula is C17H29BrN2. The SMILES string of the molecule is CC(C)CNCc1cc(Br)ccc1N(C)C(C)C(C)C. The molecule has 1 N–H and O–H groups in total. The first-order valence-corrected chi connectivity index (χ1v) is 8.34. The summed E-state index contributed by atoms with van der Waals surface area (Å²) >= 11 is 3.59. The number of hydrogen-bond donors (Lipinski definition) is 1. The highest BCUT2D eigenvalue weighted by Crippen LogP contribution is 2.27. The van der Waals surface area contributed by atoms with Crippen molar-refractivity contribution in [3.63, 3.8) is 0 Å². The Balaban J connectivity index is 2.89. The summed E-state index contributed by atoms with van der Waals surface area (Å²) in [7, 11) is 2.19. The molecule has 114 valence electrons. The molecule has 0 heterocycles. The van der Waals surface area contributed by atoms with Gasteiger partial charge < -0.3 is 10.2 Å². The fourth-order valence-corrected chi connectivity index (χ4v) is 2.61. The van der Waals surface area contributed by atoms with Gasteiger partial charge in [0.05, 0.1) is 0 Å². The van der Waals surface area contributed by atoms with Crippen molar-refractivity contribution in [2.75, 3.05) is 18.5 Å². The van der Waals surface area contributed by atoms with Gasteiger partial charge in [0.2, 0.25) is 0 Å². The Morgan fingerprint density at radius 1 is 1.15 bits per heavy atom. The Bertz CT molecular complexity index is 415. The molecule has 0 fully saturated rings. The summed E-state index contributed by atoms with van der Waals surface area (Å²) in [5.74, 6) is 1.32. The Kier molecular flexibility index (Phi) is 7.04. The zero-order valence-corrected chi connectivity index (χ0v) is 15.3. The lowest BCUT2D eigenvalue weighted by Crippen LogP contribution is -2.34. The van der Waals surface area contributed by atoms with Crippen LogP contribution in [0.5, 0.6) is 0 Å². The van der Waals surface area contributed by atoms with Gasteiger partial charge >= 0.3 is 0 Å². The molecule has 0 saturated carbocycles. The van der Waals surface area contributed by atoms with Gasteiger partial charge in [-0.15, -0.1) is 0 Å². The Hall–Kier alpha value is -0.540. The summed E-state index contributed by atoms with van der Waals surface area (Å²) in [6.45, 7) is 13.3. The zero-order chi connectivity index (χ0) is 15.3. The Morgan fingerprint density at radius 3 is 2.35 bits per heavy atom. The molecular weight excluding hydrogens is 312 g/mol. The summed E-state index contributed by atoms with van der Waals surface area (Å²) in [5, 5.41) is 3.54. The van der Waals surface area contributed by atoms with Crippen LogP contribution in [0.3, 0.4) is 0 Å². The maximum absolute atomic E-state index is 3.59. The molecule has 0 aliphatic rings. The van der Waals surface area contributed by atoms with Crippen LogP contribution in [-0.4, -0.2) is 19.6 Å². The summed E-state index contributed by atoms with van der Waals surface area (Å²) < 4.78 is 1.15. The molecule has 1 aromatic carbocycles. The lowest BCUT2D eigenvalue weighted by Gasteiger charge is -2.32. The largest absolute Gasteiger partial charge is 0.371 e. The van der Waals surface area contributed by atoms with E-state index in [-0.39, 0.29) is 0 Å². The third-order valence-electron chi connectivity index (χ3n) is 3.87. The molecule has 1 unspecified atom stereocenters. The molecule has 1 rings (SSSR count). The van der Waals surface area contributed by atoms with Crippen LogP contribution in [0.2, 0.25) is 0 Å². The molecule has 0 bridgehead atoms. The van der Waals surface area contributed by atoms with Crippen molar-refractivity contribution in [1.82, 2.24) is 5.32 Å². The highest BCUT2D eigenvalue weighted by molar-refractivity contribution is 9.10. The van der Waals surface area contributed by atoms with Gasteiger partial charge in [-0.05, 0) is 49.1 Å². The van der Waals surface area contributed by atoms with Crippen LogP contribution in [0, 0.1) is 11.8 Å². The van der Waals surface area contributed by atoms with Crippen molar-refractivity contribution in [1.29, 1.82) is 0 Å². The van der Waals surface area contributed by atoms with Gasteiger partial charge in [-0.3, -0.25) is 0 Å². The maximum atomic E-state index is 3.59. The lowest BCUT2D eigenvalue weighted by molar-refractivity contribution is 0.503. The second kappa shape index (κ2) is 8.04. The summed E-state index contributed by atoms with van der Waals surface area (Å²) in [6.07, 6.45) is 0. The smallest absolute Gasteiger partial charge is 0.0412 e. The molecule has 0 amide bonds. The topological polar surface area (TPSA) is 15.3 Å². The molecule has 0 spiro atoms. The molecule has 0 radical (unpaired) electrons. The first-order valence-electron chi connectivity index (χ1n) is 7.55. The van der Waals surface area contributed by atoms with Crippen LogP contribution in [0.15, 0.2) is 22.7 Å². The van der Waals surface area contributed by atoms with Crippen LogP contribution >= 0.6 is 15.9 Å². The number of anilines is 1. The van der Waals surface area contributed by atoms with Crippen molar-refractivity contribution in [3.8, 4) is 0 Å². The summed E-state index contributed by atoms with van der Waals surface area (Å²) in [4.78, 5) is 2.39. The van der Waals surface area contributed by atoms with Crippen LogP contribution in [0.1, 0.15) is 40.2 Å². The fourth-order valence-electron chi connectivity index (χ4n) is 2.20. The average Bonchev–Trinajstić information content (AvgIpc) is 2.36. The zero-order valence-electron chi connectivity index (χ0n) is 13.7. The molecule has 0 saturated heterocycles. The first-order chi connectivity index (χ1) is 9.32. The number of nitrogens with zero attached hydrogens (tertiary/aromatic N) is 1. The predicted octanol–water partition coefficient (Wildman–Crippen LogP) is 4.68. The van der Waals surface area contributed by atoms with Crippen LogP contribution in [-0.2, 0) is 6.54 Å². The molecule has 0 aromatic heterocycles. The van der Waals surface area contributed by atoms with E-state index in [2.05, 4.69) is 86.0 Å². The molecule has 3 heteroatoms. The number of benzene rings is 1. The van der Waals surface area contributed by atoms with Crippen LogP contribution < -0.4 is 10.2 Å². The quantitative estimate of drug-likeness (QED) is 0.775. The fraction of sp³-hybridized carbons (Fsp3) is 0.647. The van der Waals surface area contributed by atoms with Crippen molar-refractivity contribution in [3.05, 3.63) is 28.2 Å². The van der Waals surface area contributed by atoms with Crippen LogP contribution in [0.4, 0.5) is 5.69 Å². The number of hydrogen-bond acceptors (Lipinski definition) is 2. The van der Waals surface area contributed by atoms with E-state index in [1.165, 1.54) is 11.3 Å². The minimum absolute atomic E-state index is 0.528. The van der Waals surface area contributed by atoms with E-state index in [1.807, 2.05) is 0 Å². The lowest BCUT2D eigenvalue weighted by atomic mass is 10.0. The molecule has 1 aromatic rings. The maximum Gasteiger partial charge on any atom is 0.0412 e. The minimum atomic E-state index is 0.528. The first kappa shape index (κ1) is 17.5. The van der Waals surface area contributed by atoms with Gasteiger partial charge in [0.15, 0.2) is 0 Å². The van der Waals surface area contributed by atoms with E-state index in [9.17, 15) is 0 Å². The normalized spacial score (nSPS) is 13.1. The monoisotopic (exact) mass is 340 g/mol. The van der Waals surface area contributed by atoms with E-state index in [4.69, 9.17) is 0 Å². The van der Waals surface area contributed by atoms with Gasteiger partial charge in [0, 0.05) is 29.8 Å². The van der Waals surface area contributed by atoms with Gasteiger partial charge in [-0.1, -0.05) is 43.6 Å². The number of halogens is 1. The summed E-state index contributed by atoms with van der Waals surface area (Å²) in [6, 6.07) is 7.10. The predicted molar refractivity (Wildman–Crippen MR) is 93.4 cm³/mol. The van der Waals surface area contributed by atoms with E-state index in [0.717, 1.165) is 17.6 Å². The van der Waals surface area contributed by atoms with Gasteiger partial charge in [0.1, 0.15) is 0 Å². The van der Waals surface area contributed by atoms with Crippen molar-refractivity contribution in [2.45, 2.75) is 47.2 Å². The van der Waals surface area contributed by atoms with E-state index < -0.39 is 0 Å². The molecule has 0 aliphatic heterocycles. The molecule has 2 nitrogen and oxygen atoms in total. The Labute approximate surface area is 133 Å². The number of rotatable bonds is 7. The highest BCUT2D eigenvalue weighted by atomic mass is 79.9. The van der Waals surface area contributed by atoms with Crippen LogP contribution in [0.25, 0.3) is 0 Å². The molecule has 1 atom stereocenters. The van der Waals surface area contributed by atoms with Gasteiger partial charge in [-0.2, -0.15) is 0 Å². The third kappa shape index (κ3) is 5.10. The van der Waals surface area contributed by atoms with Crippen molar-refractivity contribution >= 4 is 21.6 Å².